The molecule has 1 amide bonds. The molecule has 1 aromatic carbocycles. The third kappa shape index (κ3) is 7.14. The monoisotopic (exact) mass is 502 g/mol. The zero-order chi connectivity index (χ0) is 19.9. The van der Waals surface area contributed by atoms with Crippen LogP contribution in [0.15, 0.2) is 29.3 Å². The Balaban J connectivity index is 0.00000392. The Labute approximate surface area is 186 Å². The minimum Gasteiger partial charge on any atom is -0.491 e. The van der Waals surface area contributed by atoms with Crippen molar-refractivity contribution in [2.45, 2.75) is 52.0 Å². The maximum Gasteiger partial charge on any atom is 0.222 e. The topological polar surface area (TPSA) is 66.0 Å². The molecule has 6 nitrogen and oxygen atoms in total. The van der Waals surface area contributed by atoms with E-state index < -0.39 is 0 Å². The second kappa shape index (κ2) is 11.5. The van der Waals surface area contributed by atoms with E-state index in [-0.39, 0.29) is 41.3 Å². The zero-order valence-electron chi connectivity index (χ0n) is 17.7. The Morgan fingerprint density at radius 3 is 2.68 bits per heavy atom. The van der Waals surface area contributed by atoms with Crippen LogP contribution in [0, 0.1) is 0 Å². The normalized spacial score (nSPS) is 17.1. The third-order valence-corrected chi connectivity index (χ3v) is 4.76. The molecule has 2 rings (SSSR count). The number of para-hydroxylation sites is 1. The summed E-state index contributed by atoms with van der Waals surface area (Å²) in [6, 6.07) is 8.43. The molecule has 1 atom stereocenters. The van der Waals surface area contributed by atoms with E-state index in [1.54, 1.807) is 7.05 Å². The maximum absolute atomic E-state index is 11.8. The molecule has 1 heterocycles. The van der Waals surface area contributed by atoms with Gasteiger partial charge in [0.2, 0.25) is 5.91 Å². The number of guanidine groups is 1. The van der Waals surface area contributed by atoms with E-state index in [0.717, 1.165) is 31.2 Å². The van der Waals surface area contributed by atoms with Crippen molar-refractivity contribution in [2.24, 2.45) is 4.99 Å². The van der Waals surface area contributed by atoms with Crippen LogP contribution in [0.1, 0.15) is 46.1 Å². The first-order valence-electron chi connectivity index (χ1n) is 9.82. The summed E-state index contributed by atoms with van der Waals surface area (Å²) in [5.41, 5.74) is 1.26. The molecule has 1 fully saturated rings. The summed E-state index contributed by atoms with van der Waals surface area (Å²) in [6.07, 6.45) is 1.51. The molecular formula is C21H35IN4O2. The third-order valence-electron chi connectivity index (χ3n) is 4.76. The standard InChI is InChI=1S/C21H34N4O2.HI/c1-6-19(26)25-13-11-16(15-25)24-20(22-5)23-12-14-27-18-10-8-7-9-17(18)21(2,3)4;/h7-10,16H,6,11-15H2,1-5H3,(H2,22,23,24);1H. The highest BCUT2D eigenvalue weighted by molar-refractivity contribution is 14.0. The summed E-state index contributed by atoms with van der Waals surface area (Å²) >= 11 is 0. The number of aliphatic imine (C=N–C) groups is 1. The summed E-state index contributed by atoms with van der Waals surface area (Å²) in [7, 11) is 1.76. The van der Waals surface area contributed by atoms with Crippen LogP contribution in [-0.2, 0) is 10.2 Å². The predicted molar refractivity (Wildman–Crippen MR) is 126 cm³/mol. The number of carbonyl (C=O) groups excluding carboxylic acids is 1. The minimum atomic E-state index is 0. The second-order valence-corrected chi connectivity index (χ2v) is 7.92. The fourth-order valence-electron chi connectivity index (χ4n) is 3.26. The summed E-state index contributed by atoms with van der Waals surface area (Å²) in [4.78, 5) is 18.0. The van der Waals surface area contributed by atoms with Crippen LogP contribution in [-0.4, -0.2) is 56.1 Å². The number of halogens is 1. The van der Waals surface area contributed by atoms with Crippen LogP contribution >= 0.6 is 24.0 Å². The summed E-state index contributed by atoms with van der Waals surface area (Å²) in [5.74, 6) is 1.89. The molecule has 1 aliphatic heterocycles. The highest BCUT2D eigenvalue weighted by Crippen LogP contribution is 2.30. The molecule has 0 radical (unpaired) electrons. The number of amides is 1. The van der Waals surface area contributed by atoms with E-state index in [2.05, 4.69) is 42.5 Å². The Bertz CT molecular complexity index is 658. The molecule has 0 bridgehead atoms. The van der Waals surface area contributed by atoms with Crippen LogP contribution in [0.2, 0.25) is 0 Å². The molecule has 1 saturated heterocycles. The van der Waals surface area contributed by atoms with Gasteiger partial charge in [-0.25, -0.2) is 0 Å². The highest BCUT2D eigenvalue weighted by atomic mass is 127. The Hall–Kier alpha value is -1.51. The lowest BCUT2D eigenvalue weighted by Gasteiger charge is -2.23. The van der Waals surface area contributed by atoms with E-state index >= 15 is 0 Å². The average molecular weight is 502 g/mol. The lowest BCUT2D eigenvalue weighted by Crippen LogP contribution is -2.46. The summed E-state index contributed by atoms with van der Waals surface area (Å²) in [6.45, 7) is 11.2. The van der Waals surface area contributed by atoms with Gasteiger partial charge in [-0.2, -0.15) is 0 Å². The Kier molecular flexibility index (Phi) is 10.1. The molecular weight excluding hydrogens is 467 g/mol. The number of carbonyl (C=O) groups is 1. The van der Waals surface area contributed by atoms with E-state index in [0.29, 0.717) is 19.6 Å². The predicted octanol–water partition coefficient (Wildman–Crippen LogP) is 3.16. The number of likely N-dealkylation sites (tertiary alicyclic amines) is 1. The maximum atomic E-state index is 11.8. The molecule has 7 heteroatoms. The van der Waals surface area contributed by atoms with E-state index in [4.69, 9.17) is 4.74 Å². The van der Waals surface area contributed by atoms with Gasteiger partial charge in [0.1, 0.15) is 12.4 Å². The van der Waals surface area contributed by atoms with Crippen LogP contribution in [0.25, 0.3) is 0 Å². The summed E-state index contributed by atoms with van der Waals surface area (Å²) in [5, 5.41) is 6.69. The molecule has 0 aromatic heterocycles. The SMILES string of the molecule is CCC(=O)N1CCC(NC(=NC)NCCOc2ccccc2C(C)(C)C)C1.I. The lowest BCUT2D eigenvalue weighted by molar-refractivity contribution is -0.129. The molecule has 0 aliphatic carbocycles. The van der Waals surface area contributed by atoms with Crippen molar-refractivity contribution in [3.05, 3.63) is 29.8 Å². The van der Waals surface area contributed by atoms with Crippen molar-refractivity contribution < 1.29 is 9.53 Å². The second-order valence-electron chi connectivity index (χ2n) is 7.92. The molecule has 0 spiro atoms. The van der Waals surface area contributed by atoms with Crippen molar-refractivity contribution in [3.63, 3.8) is 0 Å². The van der Waals surface area contributed by atoms with Crippen LogP contribution in [0.5, 0.6) is 5.75 Å². The van der Waals surface area contributed by atoms with Crippen molar-refractivity contribution in [2.75, 3.05) is 33.3 Å². The van der Waals surface area contributed by atoms with Gasteiger partial charge in [-0.3, -0.25) is 9.79 Å². The number of hydrogen-bond acceptors (Lipinski definition) is 3. The van der Waals surface area contributed by atoms with Crippen molar-refractivity contribution in [1.29, 1.82) is 0 Å². The number of benzene rings is 1. The van der Waals surface area contributed by atoms with Crippen molar-refractivity contribution in [1.82, 2.24) is 15.5 Å². The van der Waals surface area contributed by atoms with Gasteiger partial charge in [0, 0.05) is 32.6 Å². The molecule has 0 saturated carbocycles. The smallest absolute Gasteiger partial charge is 0.222 e. The van der Waals surface area contributed by atoms with Gasteiger partial charge in [0.25, 0.3) is 0 Å². The average Bonchev–Trinajstić information content (AvgIpc) is 3.11. The lowest BCUT2D eigenvalue weighted by atomic mass is 9.86. The molecule has 28 heavy (non-hydrogen) atoms. The molecule has 1 unspecified atom stereocenters. The molecule has 1 aromatic rings. The summed E-state index contributed by atoms with van der Waals surface area (Å²) < 4.78 is 5.99. The van der Waals surface area contributed by atoms with Crippen molar-refractivity contribution >= 4 is 35.8 Å². The van der Waals surface area contributed by atoms with Gasteiger partial charge < -0.3 is 20.3 Å². The first kappa shape index (κ1) is 24.5. The fraction of sp³-hybridized carbons (Fsp3) is 0.619. The quantitative estimate of drug-likeness (QED) is 0.272. The fourth-order valence-corrected chi connectivity index (χ4v) is 3.26. The highest BCUT2D eigenvalue weighted by Gasteiger charge is 2.25. The number of rotatable bonds is 6. The van der Waals surface area contributed by atoms with Gasteiger partial charge in [-0.05, 0) is 23.5 Å². The number of nitrogens with zero attached hydrogens (tertiary/aromatic N) is 2. The number of hydrogen-bond donors (Lipinski definition) is 2. The Morgan fingerprint density at radius 2 is 2.04 bits per heavy atom. The van der Waals surface area contributed by atoms with Crippen LogP contribution < -0.4 is 15.4 Å². The first-order valence-corrected chi connectivity index (χ1v) is 9.82. The van der Waals surface area contributed by atoms with Gasteiger partial charge in [0.05, 0.1) is 6.54 Å². The van der Waals surface area contributed by atoms with Crippen LogP contribution in [0.3, 0.4) is 0 Å². The Morgan fingerprint density at radius 1 is 1.32 bits per heavy atom. The van der Waals surface area contributed by atoms with Crippen LogP contribution in [0.4, 0.5) is 0 Å². The molecule has 1 aliphatic rings. The van der Waals surface area contributed by atoms with E-state index in [1.165, 1.54) is 5.56 Å². The van der Waals surface area contributed by atoms with Gasteiger partial charge >= 0.3 is 0 Å². The number of nitrogens with one attached hydrogen (secondary N) is 2. The largest absolute Gasteiger partial charge is 0.491 e. The zero-order valence-corrected chi connectivity index (χ0v) is 20.1. The van der Waals surface area contributed by atoms with Gasteiger partial charge in [0.15, 0.2) is 5.96 Å². The van der Waals surface area contributed by atoms with Gasteiger partial charge in [-0.15, -0.1) is 24.0 Å². The minimum absolute atomic E-state index is 0. The van der Waals surface area contributed by atoms with E-state index in [1.807, 2.05) is 30.0 Å². The van der Waals surface area contributed by atoms with Crippen molar-refractivity contribution in [3.8, 4) is 5.75 Å². The van der Waals surface area contributed by atoms with E-state index in [9.17, 15) is 4.79 Å². The molecule has 2 N–H and O–H groups in total. The number of ether oxygens (including phenoxy) is 1. The van der Waals surface area contributed by atoms with Gasteiger partial charge in [-0.1, -0.05) is 45.9 Å². The first-order chi connectivity index (χ1) is 12.8. The molecule has 158 valence electrons.